The maximum absolute atomic E-state index is 12.7. The number of carbonyl (C=O) groups is 3. The minimum absolute atomic E-state index is 0.0716. The van der Waals surface area contributed by atoms with E-state index in [4.69, 9.17) is 14.2 Å². The second-order valence-corrected chi connectivity index (χ2v) is 21.0. The third kappa shape index (κ3) is 56.5. The Morgan fingerprint density at radius 3 is 0.800 bits per heavy atom. The molecule has 1 unspecified atom stereocenters. The van der Waals surface area contributed by atoms with Crippen LogP contribution in [-0.2, 0) is 28.6 Å². The highest BCUT2D eigenvalue weighted by Gasteiger charge is 2.19. The first-order chi connectivity index (χ1) is 34.5. The summed E-state index contributed by atoms with van der Waals surface area (Å²) in [6.07, 6.45) is 72.2. The molecule has 6 heteroatoms. The fourth-order valence-corrected chi connectivity index (χ4v) is 9.18. The molecule has 0 bridgehead atoms. The Bertz CT molecular complexity index is 1170. The van der Waals surface area contributed by atoms with Gasteiger partial charge in [-0.1, -0.05) is 276 Å². The number of rotatable bonds is 57. The third-order valence-electron chi connectivity index (χ3n) is 13.9. The molecule has 0 aromatic rings. The summed E-state index contributed by atoms with van der Waals surface area (Å²) < 4.78 is 16.7. The average molecular weight is 984 g/mol. The van der Waals surface area contributed by atoms with Crippen molar-refractivity contribution >= 4 is 17.9 Å². The molecule has 410 valence electrons. The van der Waals surface area contributed by atoms with Gasteiger partial charge in [0.2, 0.25) is 0 Å². The van der Waals surface area contributed by atoms with Crippen molar-refractivity contribution in [1.82, 2.24) is 0 Å². The SMILES string of the molecule is CCCCCCC/C=C\C/C=C\CCCCCCCCCCCCCCCCCCCCCCCC(=O)OCC(COC(=O)CCCCCCC)OC(=O)CCCCCCC/C=C\CCCCCCC. The number of unbranched alkanes of at least 4 members (excludes halogenated alkanes) is 40. The van der Waals surface area contributed by atoms with Crippen LogP contribution in [0.2, 0.25) is 0 Å². The topological polar surface area (TPSA) is 78.9 Å². The summed E-state index contributed by atoms with van der Waals surface area (Å²) >= 11 is 0. The van der Waals surface area contributed by atoms with Crippen LogP contribution in [0.5, 0.6) is 0 Å². The highest BCUT2D eigenvalue weighted by molar-refractivity contribution is 5.71. The van der Waals surface area contributed by atoms with Crippen molar-refractivity contribution in [3.63, 3.8) is 0 Å². The van der Waals surface area contributed by atoms with E-state index in [-0.39, 0.29) is 31.1 Å². The third-order valence-corrected chi connectivity index (χ3v) is 13.9. The zero-order chi connectivity index (χ0) is 50.7. The summed E-state index contributed by atoms with van der Waals surface area (Å²) in [7, 11) is 0. The molecule has 0 fully saturated rings. The fraction of sp³-hybridized carbons (Fsp3) is 0.859. The lowest BCUT2D eigenvalue weighted by Crippen LogP contribution is -2.30. The highest BCUT2D eigenvalue weighted by atomic mass is 16.6. The Morgan fingerprint density at radius 2 is 0.514 bits per heavy atom. The molecule has 0 aliphatic heterocycles. The van der Waals surface area contributed by atoms with Crippen molar-refractivity contribution in [3.8, 4) is 0 Å². The maximum atomic E-state index is 12.7. The van der Waals surface area contributed by atoms with Gasteiger partial charge in [0.05, 0.1) is 0 Å². The molecule has 6 nitrogen and oxygen atoms in total. The molecule has 0 heterocycles. The molecule has 0 aromatic carbocycles. The van der Waals surface area contributed by atoms with Crippen molar-refractivity contribution in [2.45, 2.75) is 341 Å². The molecule has 0 aromatic heterocycles. The van der Waals surface area contributed by atoms with E-state index in [0.29, 0.717) is 19.3 Å². The minimum atomic E-state index is -0.769. The van der Waals surface area contributed by atoms with Crippen LogP contribution in [0, 0.1) is 0 Å². The lowest BCUT2D eigenvalue weighted by molar-refractivity contribution is -0.167. The van der Waals surface area contributed by atoms with Gasteiger partial charge in [-0.15, -0.1) is 0 Å². The van der Waals surface area contributed by atoms with Crippen LogP contribution in [0.4, 0.5) is 0 Å². The van der Waals surface area contributed by atoms with Crippen molar-refractivity contribution in [3.05, 3.63) is 36.5 Å². The normalized spacial score (nSPS) is 12.2. The van der Waals surface area contributed by atoms with Crippen molar-refractivity contribution < 1.29 is 28.6 Å². The first kappa shape index (κ1) is 67.6. The Labute approximate surface area is 435 Å². The van der Waals surface area contributed by atoms with E-state index in [1.54, 1.807) is 0 Å². The second kappa shape index (κ2) is 59.2. The quantitative estimate of drug-likeness (QED) is 0.0261. The molecule has 1 atom stereocenters. The van der Waals surface area contributed by atoms with Crippen LogP contribution < -0.4 is 0 Å². The number of carbonyl (C=O) groups excluding carboxylic acids is 3. The van der Waals surface area contributed by atoms with Gasteiger partial charge < -0.3 is 14.2 Å². The van der Waals surface area contributed by atoms with E-state index < -0.39 is 6.10 Å². The van der Waals surface area contributed by atoms with Crippen molar-refractivity contribution in [1.29, 1.82) is 0 Å². The monoisotopic (exact) mass is 983 g/mol. The van der Waals surface area contributed by atoms with Gasteiger partial charge in [-0.05, 0) is 77.0 Å². The number of allylic oxidation sites excluding steroid dienone is 6. The molecule has 0 aliphatic carbocycles. The zero-order valence-corrected chi connectivity index (χ0v) is 47.1. The largest absolute Gasteiger partial charge is 0.462 e. The average Bonchev–Trinajstić information content (AvgIpc) is 3.36. The number of hydrogen-bond donors (Lipinski definition) is 0. The van der Waals surface area contributed by atoms with E-state index in [1.165, 1.54) is 218 Å². The second-order valence-electron chi connectivity index (χ2n) is 21.0. The summed E-state index contributed by atoms with van der Waals surface area (Å²) in [5.41, 5.74) is 0. The van der Waals surface area contributed by atoms with Crippen LogP contribution in [-0.4, -0.2) is 37.2 Å². The Morgan fingerprint density at radius 1 is 0.286 bits per heavy atom. The summed E-state index contributed by atoms with van der Waals surface area (Å²) in [5.74, 6) is -0.879. The summed E-state index contributed by atoms with van der Waals surface area (Å²) in [6.45, 7) is 6.56. The van der Waals surface area contributed by atoms with Crippen LogP contribution in [0.25, 0.3) is 0 Å². The first-order valence-electron chi connectivity index (χ1n) is 31.0. The van der Waals surface area contributed by atoms with Crippen molar-refractivity contribution in [2.75, 3.05) is 13.2 Å². The molecular formula is C64H118O6. The Kier molecular flexibility index (Phi) is 57.2. The number of esters is 3. The lowest BCUT2D eigenvalue weighted by atomic mass is 10.0. The van der Waals surface area contributed by atoms with Crippen LogP contribution in [0.15, 0.2) is 36.5 Å². The predicted octanol–water partition coefficient (Wildman–Crippen LogP) is 20.8. The van der Waals surface area contributed by atoms with Gasteiger partial charge in [-0.3, -0.25) is 14.4 Å². The predicted molar refractivity (Wildman–Crippen MR) is 302 cm³/mol. The van der Waals surface area contributed by atoms with Crippen LogP contribution >= 0.6 is 0 Å². The number of ether oxygens (including phenoxy) is 3. The van der Waals surface area contributed by atoms with Gasteiger partial charge in [0.1, 0.15) is 13.2 Å². The van der Waals surface area contributed by atoms with E-state index in [9.17, 15) is 14.4 Å². The van der Waals surface area contributed by atoms with E-state index in [2.05, 4.69) is 57.2 Å². The molecular weight excluding hydrogens is 865 g/mol. The molecule has 0 saturated carbocycles. The van der Waals surface area contributed by atoms with E-state index in [1.807, 2.05) is 0 Å². The molecule has 0 saturated heterocycles. The Balaban J connectivity index is 3.87. The van der Waals surface area contributed by atoms with Gasteiger partial charge in [-0.25, -0.2) is 0 Å². The highest BCUT2D eigenvalue weighted by Crippen LogP contribution is 2.17. The maximum Gasteiger partial charge on any atom is 0.306 e. The first-order valence-corrected chi connectivity index (χ1v) is 31.0. The molecule has 0 N–H and O–H groups in total. The summed E-state index contributed by atoms with van der Waals surface area (Å²) in [4.78, 5) is 37.8. The fourth-order valence-electron chi connectivity index (χ4n) is 9.18. The van der Waals surface area contributed by atoms with Gasteiger partial charge in [0.25, 0.3) is 0 Å². The zero-order valence-electron chi connectivity index (χ0n) is 47.1. The number of hydrogen-bond acceptors (Lipinski definition) is 6. The van der Waals surface area contributed by atoms with Crippen LogP contribution in [0.3, 0.4) is 0 Å². The van der Waals surface area contributed by atoms with Gasteiger partial charge >= 0.3 is 17.9 Å². The van der Waals surface area contributed by atoms with Gasteiger partial charge in [0.15, 0.2) is 6.10 Å². The molecule has 0 radical (unpaired) electrons. The van der Waals surface area contributed by atoms with Gasteiger partial charge in [0, 0.05) is 19.3 Å². The smallest absolute Gasteiger partial charge is 0.306 e. The van der Waals surface area contributed by atoms with Crippen LogP contribution in [0.1, 0.15) is 335 Å². The molecule has 70 heavy (non-hydrogen) atoms. The summed E-state index contributed by atoms with van der Waals surface area (Å²) in [5, 5.41) is 0. The molecule has 0 rings (SSSR count). The summed E-state index contributed by atoms with van der Waals surface area (Å²) in [6, 6.07) is 0. The molecule has 0 amide bonds. The molecule has 0 aliphatic rings. The van der Waals surface area contributed by atoms with E-state index >= 15 is 0 Å². The standard InChI is InChI=1S/C64H118O6/c1-4-7-10-13-15-17-19-21-23-24-25-26-27-28-29-30-31-32-33-34-35-36-37-38-39-40-41-43-44-46-48-51-54-57-63(66)69-60-61(59-68-62(65)56-53-50-12-9-6-3)70-64(67)58-55-52-49-47-45-42-22-20-18-16-14-11-8-5-2/h19-22,24-25,61H,4-18,23,26-60H2,1-3H3/b21-19-,22-20-,25-24-. The van der Waals surface area contributed by atoms with E-state index in [0.717, 1.165) is 77.0 Å². The Hall–Kier alpha value is -2.37. The minimum Gasteiger partial charge on any atom is -0.462 e. The molecule has 0 spiro atoms. The van der Waals surface area contributed by atoms with Crippen molar-refractivity contribution in [2.24, 2.45) is 0 Å². The lowest BCUT2D eigenvalue weighted by Gasteiger charge is -2.18. The van der Waals surface area contributed by atoms with Gasteiger partial charge in [-0.2, -0.15) is 0 Å².